The average molecular weight is 592 g/mol. The smallest absolute Gasteiger partial charge is 0.264 e. The van der Waals surface area contributed by atoms with Gasteiger partial charge in [0.15, 0.2) is 0 Å². The second-order valence-corrected chi connectivity index (χ2v) is 13.0. The Bertz CT molecular complexity index is 1500. The molecule has 0 radical (unpaired) electrons. The Morgan fingerprint density at radius 2 is 1.48 bits per heavy atom. The molecule has 1 saturated carbocycles. The Labute approximate surface area is 249 Å². The van der Waals surface area contributed by atoms with Gasteiger partial charge in [-0.25, -0.2) is 8.42 Å². The summed E-state index contributed by atoms with van der Waals surface area (Å²) in [5.41, 5.74) is 3.89. The van der Waals surface area contributed by atoms with Crippen LogP contribution in [0, 0.1) is 20.8 Å². The van der Waals surface area contributed by atoms with Crippen LogP contribution in [-0.4, -0.2) is 50.9 Å². The molecule has 1 N–H and O–H groups in total. The molecule has 3 aromatic rings. The third kappa shape index (κ3) is 7.31. The number of nitrogens with zero attached hydrogens (tertiary/aromatic N) is 2. The van der Waals surface area contributed by atoms with E-state index in [-0.39, 0.29) is 29.1 Å². The fraction of sp³-hybridized carbons (Fsp3) is 0.394. The minimum Gasteiger partial charge on any atom is -0.495 e. The molecule has 1 aliphatic carbocycles. The molecule has 9 heteroatoms. The van der Waals surface area contributed by atoms with Crippen LogP contribution in [0.5, 0.6) is 5.75 Å². The maximum absolute atomic E-state index is 14.2. The van der Waals surface area contributed by atoms with Gasteiger partial charge >= 0.3 is 0 Å². The van der Waals surface area contributed by atoms with Crippen LogP contribution in [0.4, 0.5) is 5.69 Å². The van der Waals surface area contributed by atoms with Crippen molar-refractivity contribution in [1.82, 2.24) is 10.2 Å². The quantitative estimate of drug-likeness (QED) is 0.327. The standard InChI is InChI=1S/C33H41N3O5S/c1-23-10-15-27(16-11-23)21-35(26(4)33(38)34-28-8-6-7-9-28)32(37)22-36(30-20-25(3)14-19-31(30)41-5)42(39,40)29-17-12-24(2)13-18-29/h10-20,26,28H,6-9,21-22H2,1-5H3,(H,34,38)/t26-/m0/s1. The SMILES string of the molecule is COc1ccc(C)cc1N(CC(=O)N(Cc1ccc(C)cc1)[C@@H](C)C(=O)NC1CCCC1)S(=O)(=O)c1ccc(C)cc1. The number of rotatable bonds is 11. The molecule has 42 heavy (non-hydrogen) atoms. The number of sulfonamides is 1. The van der Waals surface area contributed by atoms with Crippen molar-refractivity contribution in [1.29, 1.82) is 0 Å². The van der Waals surface area contributed by atoms with Crippen LogP contribution in [0.15, 0.2) is 71.6 Å². The predicted octanol–water partition coefficient (Wildman–Crippen LogP) is 5.29. The van der Waals surface area contributed by atoms with Gasteiger partial charge in [-0.05, 0) is 75.9 Å². The van der Waals surface area contributed by atoms with E-state index in [0.29, 0.717) is 5.75 Å². The minimum absolute atomic E-state index is 0.0570. The van der Waals surface area contributed by atoms with Gasteiger partial charge in [-0.1, -0.05) is 66.4 Å². The lowest BCUT2D eigenvalue weighted by Gasteiger charge is -2.33. The predicted molar refractivity (Wildman–Crippen MR) is 165 cm³/mol. The van der Waals surface area contributed by atoms with Gasteiger partial charge in [0.25, 0.3) is 10.0 Å². The van der Waals surface area contributed by atoms with Gasteiger partial charge in [-0.15, -0.1) is 0 Å². The van der Waals surface area contributed by atoms with Crippen molar-refractivity contribution in [2.24, 2.45) is 0 Å². The Kier molecular flexibility index (Phi) is 9.93. The lowest BCUT2D eigenvalue weighted by atomic mass is 10.1. The maximum Gasteiger partial charge on any atom is 0.264 e. The molecule has 0 heterocycles. The fourth-order valence-corrected chi connectivity index (χ4v) is 6.63. The van der Waals surface area contributed by atoms with Crippen LogP contribution in [0.25, 0.3) is 0 Å². The number of amides is 2. The summed E-state index contributed by atoms with van der Waals surface area (Å²) in [6.07, 6.45) is 3.96. The van der Waals surface area contributed by atoms with Crippen LogP contribution < -0.4 is 14.4 Å². The van der Waals surface area contributed by atoms with E-state index in [2.05, 4.69) is 5.32 Å². The van der Waals surface area contributed by atoms with Crippen molar-refractivity contribution in [3.05, 3.63) is 89.0 Å². The number of benzene rings is 3. The number of anilines is 1. The number of hydrogen-bond acceptors (Lipinski definition) is 5. The number of carbonyl (C=O) groups is 2. The Hall–Kier alpha value is -3.85. The Morgan fingerprint density at radius 3 is 2.07 bits per heavy atom. The number of hydrogen-bond donors (Lipinski definition) is 1. The van der Waals surface area contributed by atoms with Crippen LogP contribution in [0.3, 0.4) is 0 Å². The van der Waals surface area contributed by atoms with E-state index >= 15 is 0 Å². The summed E-state index contributed by atoms with van der Waals surface area (Å²) >= 11 is 0. The van der Waals surface area contributed by atoms with Crippen LogP contribution >= 0.6 is 0 Å². The van der Waals surface area contributed by atoms with Crippen molar-refractivity contribution in [2.75, 3.05) is 18.0 Å². The van der Waals surface area contributed by atoms with Crippen molar-refractivity contribution >= 4 is 27.5 Å². The summed E-state index contributed by atoms with van der Waals surface area (Å²) in [5.74, 6) is -0.423. The summed E-state index contributed by atoms with van der Waals surface area (Å²) in [4.78, 5) is 29.1. The molecule has 0 aromatic heterocycles. The number of aryl methyl sites for hydroxylation is 3. The Morgan fingerprint density at radius 1 is 0.905 bits per heavy atom. The topological polar surface area (TPSA) is 96.0 Å². The number of methoxy groups -OCH3 is 1. The molecular formula is C33H41N3O5S. The highest BCUT2D eigenvalue weighted by Gasteiger charge is 2.34. The van der Waals surface area contributed by atoms with Gasteiger partial charge in [0.1, 0.15) is 18.3 Å². The molecule has 1 atom stereocenters. The van der Waals surface area contributed by atoms with E-state index < -0.39 is 28.5 Å². The van der Waals surface area contributed by atoms with Crippen molar-refractivity contribution < 1.29 is 22.7 Å². The highest BCUT2D eigenvalue weighted by molar-refractivity contribution is 7.92. The third-order valence-electron chi connectivity index (χ3n) is 7.83. The van der Waals surface area contributed by atoms with Gasteiger partial charge in [-0.3, -0.25) is 13.9 Å². The molecule has 1 aliphatic rings. The number of ether oxygens (including phenoxy) is 1. The van der Waals surface area contributed by atoms with Gasteiger partial charge in [-0.2, -0.15) is 0 Å². The van der Waals surface area contributed by atoms with Crippen LogP contribution in [0.1, 0.15) is 54.9 Å². The molecule has 0 bridgehead atoms. The second kappa shape index (κ2) is 13.4. The Balaban J connectivity index is 1.73. The first-order valence-electron chi connectivity index (χ1n) is 14.4. The molecular weight excluding hydrogens is 550 g/mol. The summed E-state index contributed by atoms with van der Waals surface area (Å²) in [5, 5.41) is 3.10. The van der Waals surface area contributed by atoms with E-state index in [1.54, 1.807) is 31.2 Å². The maximum atomic E-state index is 14.2. The van der Waals surface area contributed by atoms with E-state index in [1.165, 1.54) is 24.1 Å². The number of nitrogens with one attached hydrogen (secondary N) is 1. The van der Waals surface area contributed by atoms with E-state index in [0.717, 1.165) is 52.2 Å². The molecule has 224 valence electrons. The zero-order valence-corrected chi connectivity index (χ0v) is 25.9. The summed E-state index contributed by atoms with van der Waals surface area (Å²) in [6.45, 7) is 7.04. The lowest BCUT2D eigenvalue weighted by molar-refractivity contribution is -0.139. The molecule has 3 aromatic carbocycles. The van der Waals surface area contributed by atoms with Crippen LogP contribution in [0.2, 0.25) is 0 Å². The molecule has 8 nitrogen and oxygen atoms in total. The van der Waals surface area contributed by atoms with Gasteiger partial charge < -0.3 is 15.0 Å². The van der Waals surface area contributed by atoms with Crippen molar-refractivity contribution in [2.45, 2.75) is 76.9 Å². The fourth-order valence-electron chi connectivity index (χ4n) is 5.21. The van der Waals surface area contributed by atoms with Crippen molar-refractivity contribution in [3.8, 4) is 5.75 Å². The summed E-state index contributed by atoms with van der Waals surface area (Å²) in [7, 11) is -2.72. The molecule has 0 spiro atoms. The summed E-state index contributed by atoms with van der Waals surface area (Å²) in [6, 6.07) is 18.7. The van der Waals surface area contributed by atoms with Gasteiger partial charge in [0.05, 0.1) is 17.7 Å². The second-order valence-electron chi connectivity index (χ2n) is 11.2. The normalized spacial score (nSPS) is 14.3. The van der Waals surface area contributed by atoms with E-state index in [9.17, 15) is 18.0 Å². The van der Waals surface area contributed by atoms with Crippen LogP contribution in [-0.2, 0) is 26.2 Å². The van der Waals surface area contributed by atoms with Gasteiger partial charge in [0.2, 0.25) is 11.8 Å². The van der Waals surface area contributed by atoms with Crippen molar-refractivity contribution in [3.63, 3.8) is 0 Å². The highest BCUT2D eigenvalue weighted by atomic mass is 32.2. The average Bonchev–Trinajstić information content (AvgIpc) is 3.48. The first-order valence-corrected chi connectivity index (χ1v) is 15.8. The minimum atomic E-state index is -4.19. The molecule has 0 unspecified atom stereocenters. The largest absolute Gasteiger partial charge is 0.495 e. The zero-order valence-electron chi connectivity index (χ0n) is 25.1. The molecule has 2 amide bonds. The highest BCUT2D eigenvalue weighted by Crippen LogP contribution is 2.34. The van der Waals surface area contributed by atoms with Gasteiger partial charge in [0, 0.05) is 12.6 Å². The van der Waals surface area contributed by atoms with E-state index in [4.69, 9.17) is 4.74 Å². The lowest BCUT2D eigenvalue weighted by Crippen LogP contribution is -2.52. The molecule has 0 saturated heterocycles. The molecule has 0 aliphatic heterocycles. The molecule has 4 rings (SSSR count). The summed E-state index contributed by atoms with van der Waals surface area (Å²) < 4.78 is 34.9. The molecule has 1 fully saturated rings. The van der Waals surface area contributed by atoms with E-state index in [1.807, 2.05) is 51.1 Å². The first-order chi connectivity index (χ1) is 20.0. The zero-order chi connectivity index (χ0) is 30.4. The monoisotopic (exact) mass is 591 g/mol. The first kappa shape index (κ1) is 31.1. The number of carbonyl (C=O) groups excluding carboxylic acids is 2. The third-order valence-corrected chi connectivity index (χ3v) is 9.61.